The van der Waals surface area contributed by atoms with Crippen molar-refractivity contribution in [2.75, 3.05) is 21.3 Å². The predicted molar refractivity (Wildman–Crippen MR) is 83.0 cm³/mol. The van der Waals surface area contributed by atoms with Crippen molar-refractivity contribution >= 4 is 8.80 Å². The van der Waals surface area contributed by atoms with Crippen molar-refractivity contribution in [3.63, 3.8) is 0 Å². The molecular weight excluding hydrogens is 262 g/mol. The van der Waals surface area contributed by atoms with Crippen molar-refractivity contribution in [2.45, 2.75) is 53.0 Å². The average Bonchev–Trinajstić information content (AvgIpc) is 2.37. The van der Waals surface area contributed by atoms with Crippen LogP contribution in [0, 0.1) is 0 Å². The second-order valence-electron chi connectivity index (χ2n) is 4.32. The molecule has 0 aliphatic heterocycles. The van der Waals surface area contributed by atoms with Crippen LogP contribution in [0.5, 0.6) is 0 Å². The Kier molecular flexibility index (Phi) is 17.5. The van der Waals surface area contributed by atoms with Gasteiger partial charge in [0.05, 0.1) is 0 Å². The fraction of sp³-hybridized carbons (Fsp3) is 0.846. The summed E-state index contributed by atoms with van der Waals surface area (Å²) in [7, 11) is 2.68. The van der Waals surface area contributed by atoms with Gasteiger partial charge in [-0.25, -0.2) is 0 Å². The summed E-state index contributed by atoms with van der Waals surface area (Å²) in [6.45, 7) is 8.31. The van der Waals surface area contributed by atoms with Crippen molar-refractivity contribution in [3.8, 4) is 0 Å². The first-order valence-corrected chi connectivity index (χ1v) is 8.43. The molecule has 118 valence electrons. The highest BCUT2D eigenvalue weighted by atomic mass is 28.4. The van der Waals surface area contributed by atoms with E-state index in [2.05, 4.69) is 13.8 Å². The van der Waals surface area contributed by atoms with E-state index >= 15 is 0 Å². The Morgan fingerprint density at radius 1 is 0.947 bits per heavy atom. The predicted octanol–water partition coefficient (Wildman–Crippen LogP) is 2.49. The minimum absolute atomic E-state index is 0. The fourth-order valence-corrected chi connectivity index (χ4v) is 3.11. The number of hydrogen-bond acceptors (Lipinski definition) is 4. The maximum Gasteiger partial charge on any atom is 0.500 e. The number of hydrogen-bond donors (Lipinski definition) is 1. The second kappa shape index (κ2) is 14.0. The Labute approximate surface area is 119 Å². The molecule has 0 radical (unpaired) electrons. The van der Waals surface area contributed by atoms with Crippen molar-refractivity contribution < 1.29 is 18.8 Å². The van der Waals surface area contributed by atoms with Crippen LogP contribution in [0.4, 0.5) is 0 Å². The van der Waals surface area contributed by atoms with Crippen LogP contribution in [0.15, 0.2) is 11.3 Å². The van der Waals surface area contributed by atoms with Crippen LogP contribution in [-0.2, 0) is 13.3 Å². The topological polar surface area (TPSA) is 85.2 Å². The Bertz CT molecular complexity index is 218. The van der Waals surface area contributed by atoms with Crippen molar-refractivity contribution in [2.24, 2.45) is 5.73 Å². The second-order valence-corrected chi connectivity index (χ2v) is 7.41. The molecule has 0 amide bonds. The van der Waals surface area contributed by atoms with E-state index in [1.165, 1.54) is 5.57 Å². The standard InChI is InChI=1S/C7H15N.C6H16O3Si.H2O/c1-4-5-7(8)6(2)3;1-5-6-10(7-2,8-3)9-4;/h4-5,8H2,1-3H3;5-6H2,1-4H3;1H2. The lowest BCUT2D eigenvalue weighted by molar-refractivity contribution is 0.123. The van der Waals surface area contributed by atoms with E-state index in [9.17, 15) is 0 Å². The van der Waals surface area contributed by atoms with Crippen LogP contribution >= 0.6 is 0 Å². The average molecular weight is 295 g/mol. The maximum absolute atomic E-state index is 5.61. The van der Waals surface area contributed by atoms with Crippen LogP contribution < -0.4 is 5.73 Å². The SMILES string of the molecule is CCCC(N)=C(C)C.CCC[Si](OC)(OC)OC.O. The van der Waals surface area contributed by atoms with E-state index in [4.69, 9.17) is 19.0 Å². The van der Waals surface area contributed by atoms with Gasteiger partial charge in [0.15, 0.2) is 0 Å². The van der Waals surface area contributed by atoms with Crippen molar-refractivity contribution in [3.05, 3.63) is 11.3 Å². The highest BCUT2D eigenvalue weighted by Crippen LogP contribution is 2.13. The zero-order chi connectivity index (χ0) is 14.6. The van der Waals surface area contributed by atoms with Gasteiger partial charge >= 0.3 is 8.80 Å². The third kappa shape index (κ3) is 11.1. The highest BCUT2D eigenvalue weighted by Gasteiger charge is 2.36. The summed E-state index contributed by atoms with van der Waals surface area (Å²) in [5, 5.41) is 0. The van der Waals surface area contributed by atoms with E-state index in [0.717, 1.165) is 31.0 Å². The molecule has 0 aromatic heterocycles. The van der Waals surface area contributed by atoms with Crippen molar-refractivity contribution in [1.29, 1.82) is 0 Å². The van der Waals surface area contributed by atoms with Gasteiger partial charge in [0.1, 0.15) is 0 Å². The van der Waals surface area contributed by atoms with Crippen LogP contribution in [0.1, 0.15) is 47.0 Å². The molecule has 0 bridgehead atoms. The summed E-state index contributed by atoms with van der Waals surface area (Å²) in [4.78, 5) is 0. The van der Waals surface area contributed by atoms with E-state index in [-0.39, 0.29) is 5.48 Å². The molecule has 0 fully saturated rings. The third-order valence-electron chi connectivity index (χ3n) is 2.65. The van der Waals surface area contributed by atoms with Crippen LogP contribution in [0.3, 0.4) is 0 Å². The van der Waals surface area contributed by atoms with Gasteiger partial charge in [-0.15, -0.1) is 0 Å². The van der Waals surface area contributed by atoms with Crippen molar-refractivity contribution in [1.82, 2.24) is 0 Å². The molecule has 0 aliphatic rings. The molecular formula is C13H33NO4Si. The molecule has 0 heterocycles. The molecule has 0 saturated heterocycles. The fourth-order valence-electron chi connectivity index (χ4n) is 1.38. The number of nitrogens with two attached hydrogens (primary N) is 1. The van der Waals surface area contributed by atoms with Crippen LogP contribution in [0.25, 0.3) is 0 Å². The van der Waals surface area contributed by atoms with E-state index < -0.39 is 8.80 Å². The first-order chi connectivity index (χ1) is 8.42. The van der Waals surface area contributed by atoms with Gasteiger partial charge in [0, 0.05) is 33.1 Å². The summed E-state index contributed by atoms with van der Waals surface area (Å²) in [5.74, 6) is 0. The summed E-state index contributed by atoms with van der Waals surface area (Å²) in [6, 6.07) is 0.885. The third-order valence-corrected chi connectivity index (χ3v) is 5.63. The minimum atomic E-state index is -2.22. The van der Waals surface area contributed by atoms with Gasteiger partial charge in [0.2, 0.25) is 0 Å². The smallest absolute Gasteiger partial charge is 0.412 e. The molecule has 0 aromatic rings. The molecule has 0 atom stereocenters. The van der Waals surface area contributed by atoms with Gasteiger partial charge < -0.3 is 24.5 Å². The summed E-state index contributed by atoms with van der Waals surface area (Å²) in [6.07, 6.45) is 3.22. The Hall–Kier alpha value is -0.403. The first-order valence-electron chi connectivity index (χ1n) is 6.50. The lowest BCUT2D eigenvalue weighted by Gasteiger charge is -2.23. The zero-order valence-corrected chi connectivity index (χ0v) is 14.6. The summed E-state index contributed by atoms with van der Waals surface area (Å²) in [5.41, 5.74) is 7.91. The summed E-state index contributed by atoms with van der Waals surface area (Å²) >= 11 is 0. The normalized spacial score (nSPS) is 10.1. The summed E-state index contributed by atoms with van der Waals surface area (Å²) < 4.78 is 15.5. The van der Waals surface area contributed by atoms with Gasteiger partial charge in [0.25, 0.3) is 0 Å². The molecule has 0 aromatic carbocycles. The molecule has 5 nitrogen and oxygen atoms in total. The van der Waals surface area contributed by atoms with Gasteiger partial charge in [-0.3, -0.25) is 0 Å². The van der Waals surface area contributed by atoms with E-state index in [0.29, 0.717) is 0 Å². The lowest BCUT2D eigenvalue weighted by Crippen LogP contribution is -2.42. The Balaban J connectivity index is -0.000000262. The molecule has 0 rings (SSSR count). The number of rotatable bonds is 7. The minimum Gasteiger partial charge on any atom is -0.412 e. The van der Waals surface area contributed by atoms with E-state index in [1.54, 1.807) is 21.3 Å². The van der Waals surface area contributed by atoms with Gasteiger partial charge in [-0.1, -0.05) is 32.3 Å². The maximum atomic E-state index is 5.61. The Morgan fingerprint density at radius 3 is 1.47 bits per heavy atom. The van der Waals surface area contributed by atoms with E-state index in [1.807, 2.05) is 13.8 Å². The molecule has 0 aliphatic carbocycles. The molecule has 0 spiro atoms. The molecule has 19 heavy (non-hydrogen) atoms. The molecule has 4 N–H and O–H groups in total. The molecule has 0 saturated carbocycles. The highest BCUT2D eigenvalue weighted by molar-refractivity contribution is 6.60. The molecule has 6 heteroatoms. The quantitative estimate of drug-likeness (QED) is 0.731. The largest absolute Gasteiger partial charge is 0.500 e. The van der Waals surface area contributed by atoms with Crippen LogP contribution in [0.2, 0.25) is 6.04 Å². The van der Waals surface area contributed by atoms with Crippen LogP contribution in [-0.4, -0.2) is 35.6 Å². The lowest BCUT2D eigenvalue weighted by atomic mass is 10.2. The van der Waals surface area contributed by atoms with Gasteiger partial charge in [-0.2, -0.15) is 0 Å². The molecule has 0 unspecified atom stereocenters. The van der Waals surface area contributed by atoms with Gasteiger partial charge in [-0.05, 0) is 20.3 Å². The zero-order valence-electron chi connectivity index (χ0n) is 13.6. The monoisotopic (exact) mass is 295 g/mol. The first kappa shape index (κ1) is 23.7. The number of allylic oxidation sites excluding steroid dienone is 2. The Morgan fingerprint density at radius 2 is 1.37 bits per heavy atom.